The first-order valence-corrected chi connectivity index (χ1v) is 15.5. The Morgan fingerprint density at radius 2 is 1.12 bits per heavy atom. The van der Waals surface area contributed by atoms with Crippen molar-refractivity contribution >= 4 is 35.1 Å². The summed E-state index contributed by atoms with van der Waals surface area (Å²) in [5.74, 6) is -0.665. The van der Waals surface area contributed by atoms with Crippen molar-refractivity contribution in [2.24, 2.45) is 14.1 Å². The molecule has 8 rings (SSSR count). The maximum atomic E-state index is 11.8. The number of anilines is 4. The molecule has 49 heavy (non-hydrogen) atoms. The van der Waals surface area contributed by atoms with Crippen LogP contribution in [0, 0.1) is 0 Å². The molecule has 0 aliphatic heterocycles. The van der Waals surface area contributed by atoms with Crippen molar-refractivity contribution in [3.8, 4) is 22.8 Å². The van der Waals surface area contributed by atoms with Gasteiger partial charge < -0.3 is 15.7 Å². The van der Waals surface area contributed by atoms with Gasteiger partial charge in [0.2, 0.25) is 11.9 Å². The fraction of sp³-hybridized carbons (Fsp3) is 0.176. The van der Waals surface area contributed by atoms with Crippen molar-refractivity contribution in [3.63, 3.8) is 0 Å². The molecule has 4 heterocycles. The van der Waals surface area contributed by atoms with E-state index in [4.69, 9.17) is 5.21 Å². The van der Waals surface area contributed by atoms with E-state index in [0.29, 0.717) is 37.6 Å². The number of aromatic nitrogens is 8. The lowest BCUT2D eigenvalue weighted by atomic mass is 9.93. The number of para-hydroxylation sites is 2. The van der Waals surface area contributed by atoms with E-state index < -0.39 is 11.9 Å². The van der Waals surface area contributed by atoms with E-state index in [-0.39, 0.29) is 11.4 Å². The largest absolute Gasteiger partial charge is 0.476 e. The molecule has 5 N–H and O–H groups in total. The predicted octanol–water partition coefficient (Wildman–Crippen LogP) is 4.26. The molecule has 1 amide bonds. The van der Waals surface area contributed by atoms with Crippen molar-refractivity contribution in [3.05, 3.63) is 107 Å². The first-order valence-electron chi connectivity index (χ1n) is 15.5. The average molecular weight is 658 g/mol. The summed E-state index contributed by atoms with van der Waals surface area (Å²) in [4.78, 5) is 41.2. The number of amides is 1. The van der Waals surface area contributed by atoms with Crippen LogP contribution in [0.15, 0.2) is 73.1 Å². The molecule has 2 aliphatic carbocycles. The second-order valence-electron chi connectivity index (χ2n) is 11.5. The second-order valence-corrected chi connectivity index (χ2v) is 11.5. The molecule has 2 aromatic carbocycles. The molecule has 4 aromatic heterocycles. The van der Waals surface area contributed by atoms with Crippen LogP contribution in [0.5, 0.6) is 0 Å². The van der Waals surface area contributed by atoms with Crippen LogP contribution in [-0.4, -0.2) is 61.7 Å². The van der Waals surface area contributed by atoms with Gasteiger partial charge in [-0.15, -0.1) is 0 Å². The summed E-state index contributed by atoms with van der Waals surface area (Å²) in [6.07, 6.45) is 6.30. The third-order valence-electron chi connectivity index (χ3n) is 8.34. The highest BCUT2D eigenvalue weighted by atomic mass is 16.5. The summed E-state index contributed by atoms with van der Waals surface area (Å²) in [7, 11) is 3.50. The van der Waals surface area contributed by atoms with Crippen molar-refractivity contribution in [1.82, 2.24) is 45.0 Å². The number of carboxylic acids is 1. The molecule has 0 saturated heterocycles. The standard InChI is InChI=1S/C17H16N6O2.C17H15N5O2/c1-23-15-12(14(21-23)16(24)22-25)8-7-10-9-18-17(20-13(10)15)19-11-5-3-2-4-6-11;1-22-15-12(14(21-22)16(23)24)8-7-10-9-18-17(20-13(10)15)19-11-5-3-2-4-6-11/h2-6,9,25H,7-8H2,1H3,(H,22,24)(H,18,19,20);2-6,9H,7-8H2,1H3,(H,23,24)(H,18,19,20). The fourth-order valence-electron chi connectivity index (χ4n) is 6.14. The van der Waals surface area contributed by atoms with Gasteiger partial charge in [0.15, 0.2) is 11.4 Å². The zero-order valence-corrected chi connectivity index (χ0v) is 26.5. The summed E-state index contributed by atoms with van der Waals surface area (Å²) in [6.45, 7) is 0. The van der Waals surface area contributed by atoms with E-state index in [1.165, 1.54) is 0 Å². The number of hydrogen-bond donors (Lipinski definition) is 5. The van der Waals surface area contributed by atoms with Crippen molar-refractivity contribution in [1.29, 1.82) is 0 Å². The normalized spacial score (nSPS) is 12.3. The van der Waals surface area contributed by atoms with Crippen LogP contribution >= 0.6 is 0 Å². The van der Waals surface area contributed by atoms with Gasteiger partial charge in [0, 0.05) is 49.0 Å². The number of aromatic carboxylic acids is 1. The quantitative estimate of drug-likeness (QED) is 0.126. The SMILES string of the molecule is Cn1nc(C(=O)NO)c2c1-c1nc(Nc3ccccc3)ncc1CC2.Cn1nc(C(=O)O)c2c1-c1nc(Nc3ccccc3)ncc1CC2. The van der Waals surface area contributed by atoms with E-state index in [9.17, 15) is 14.7 Å². The summed E-state index contributed by atoms with van der Waals surface area (Å²) >= 11 is 0. The molecule has 0 saturated carbocycles. The number of hydroxylamine groups is 1. The van der Waals surface area contributed by atoms with Crippen LogP contribution in [0.2, 0.25) is 0 Å². The molecule has 0 atom stereocenters. The van der Waals surface area contributed by atoms with E-state index in [0.717, 1.165) is 56.4 Å². The smallest absolute Gasteiger partial charge is 0.356 e. The number of benzene rings is 2. The van der Waals surface area contributed by atoms with Gasteiger partial charge in [-0.05, 0) is 61.1 Å². The number of hydrogen-bond acceptors (Lipinski definition) is 11. The topological polar surface area (TPSA) is 198 Å². The Morgan fingerprint density at radius 3 is 1.57 bits per heavy atom. The third kappa shape index (κ3) is 6.05. The Bertz CT molecular complexity index is 2200. The number of nitrogens with one attached hydrogen (secondary N) is 3. The number of nitrogens with zero attached hydrogens (tertiary/aromatic N) is 8. The lowest BCUT2D eigenvalue weighted by Gasteiger charge is -2.17. The number of rotatable bonds is 6. The Hall–Kier alpha value is -6.48. The van der Waals surface area contributed by atoms with Gasteiger partial charge in [-0.1, -0.05) is 36.4 Å². The highest BCUT2D eigenvalue weighted by Gasteiger charge is 2.30. The monoisotopic (exact) mass is 657 g/mol. The maximum absolute atomic E-state index is 11.8. The Morgan fingerprint density at radius 1 is 0.673 bits per heavy atom. The van der Waals surface area contributed by atoms with Crippen LogP contribution < -0.4 is 16.1 Å². The highest BCUT2D eigenvalue weighted by Crippen LogP contribution is 2.35. The minimum atomic E-state index is -1.01. The number of fused-ring (bicyclic) bond motifs is 6. The Labute approximate surface area is 279 Å². The molecular formula is C34H31N11O4. The molecule has 0 radical (unpaired) electrons. The molecule has 15 heteroatoms. The Balaban J connectivity index is 0.000000154. The number of carbonyl (C=O) groups is 2. The van der Waals surface area contributed by atoms with Crippen LogP contribution in [0.4, 0.5) is 23.3 Å². The van der Waals surface area contributed by atoms with Gasteiger partial charge in [-0.2, -0.15) is 10.2 Å². The van der Waals surface area contributed by atoms with Gasteiger partial charge in [0.25, 0.3) is 5.91 Å². The van der Waals surface area contributed by atoms with Crippen LogP contribution in [0.25, 0.3) is 22.8 Å². The van der Waals surface area contributed by atoms with Crippen LogP contribution in [0.3, 0.4) is 0 Å². The lowest BCUT2D eigenvalue weighted by Crippen LogP contribution is -2.21. The van der Waals surface area contributed by atoms with Crippen LogP contribution in [-0.2, 0) is 39.8 Å². The summed E-state index contributed by atoms with van der Waals surface area (Å²) in [5, 5.41) is 33.0. The van der Waals surface area contributed by atoms with E-state index in [1.54, 1.807) is 41.3 Å². The molecule has 2 aliphatic rings. The summed E-state index contributed by atoms with van der Waals surface area (Å²) in [5.41, 5.74) is 10.3. The molecule has 0 unspecified atom stereocenters. The Kier molecular flexibility index (Phi) is 8.24. The molecule has 6 aromatic rings. The average Bonchev–Trinajstić information content (AvgIpc) is 3.66. The van der Waals surface area contributed by atoms with Gasteiger partial charge in [-0.25, -0.2) is 30.2 Å². The molecule has 246 valence electrons. The number of carbonyl (C=O) groups excluding carboxylic acids is 1. The predicted molar refractivity (Wildman–Crippen MR) is 179 cm³/mol. The minimum absolute atomic E-state index is 0.106. The molecule has 0 spiro atoms. The molecular weight excluding hydrogens is 626 g/mol. The zero-order valence-electron chi connectivity index (χ0n) is 26.5. The van der Waals surface area contributed by atoms with Crippen LogP contribution in [0.1, 0.15) is 43.2 Å². The number of carboxylic acid groups (broad SMARTS) is 1. The number of aryl methyl sites for hydroxylation is 4. The molecule has 0 fully saturated rings. The second kappa shape index (κ2) is 13.0. The van der Waals surface area contributed by atoms with Crippen molar-refractivity contribution in [2.45, 2.75) is 25.7 Å². The maximum Gasteiger partial charge on any atom is 0.356 e. The first-order chi connectivity index (χ1) is 23.8. The van der Waals surface area contributed by atoms with Crippen molar-refractivity contribution in [2.75, 3.05) is 10.6 Å². The molecule has 0 bridgehead atoms. The first kappa shape index (κ1) is 31.1. The third-order valence-corrected chi connectivity index (χ3v) is 8.34. The van der Waals surface area contributed by atoms with Crippen molar-refractivity contribution < 1.29 is 19.9 Å². The van der Waals surface area contributed by atoms with E-state index in [1.807, 2.05) is 60.7 Å². The minimum Gasteiger partial charge on any atom is -0.476 e. The lowest BCUT2D eigenvalue weighted by molar-refractivity contribution is 0.0685. The van der Waals surface area contributed by atoms with Gasteiger partial charge in [0.1, 0.15) is 0 Å². The summed E-state index contributed by atoms with van der Waals surface area (Å²) in [6, 6.07) is 19.3. The highest BCUT2D eigenvalue weighted by molar-refractivity contribution is 5.95. The molecule has 15 nitrogen and oxygen atoms in total. The van der Waals surface area contributed by atoms with E-state index in [2.05, 4.69) is 40.8 Å². The summed E-state index contributed by atoms with van der Waals surface area (Å²) < 4.78 is 3.22. The van der Waals surface area contributed by atoms with Gasteiger partial charge >= 0.3 is 5.97 Å². The zero-order chi connectivity index (χ0) is 34.1. The van der Waals surface area contributed by atoms with Gasteiger partial charge in [-0.3, -0.25) is 19.4 Å². The van der Waals surface area contributed by atoms with E-state index >= 15 is 0 Å². The fourth-order valence-corrected chi connectivity index (χ4v) is 6.14. The van der Waals surface area contributed by atoms with Gasteiger partial charge in [0.05, 0.1) is 22.8 Å².